The zero-order valence-corrected chi connectivity index (χ0v) is 11.2. The highest BCUT2D eigenvalue weighted by Gasteiger charge is 2.06. The number of amides is 3. The highest BCUT2D eigenvalue weighted by atomic mass is 16.5. The summed E-state index contributed by atoms with van der Waals surface area (Å²) in [4.78, 5) is 22.8. The molecule has 0 heterocycles. The van der Waals surface area contributed by atoms with Gasteiger partial charge in [-0.1, -0.05) is 12.0 Å². The summed E-state index contributed by atoms with van der Waals surface area (Å²) in [7, 11) is 1.53. The van der Waals surface area contributed by atoms with Crippen molar-refractivity contribution < 1.29 is 14.3 Å². The van der Waals surface area contributed by atoms with E-state index in [1.807, 2.05) is 0 Å². The van der Waals surface area contributed by atoms with Crippen LogP contribution in [0.3, 0.4) is 0 Å². The van der Waals surface area contributed by atoms with E-state index in [9.17, 15) is 9.59 Å². The molecule has 1 aromatic rings. The van der Waals surface area contributed by atoms with E-state index in [0.29, 0.717) is 18.7 Å². The lowest BCUT2D eigenvalue weighted by Crippen LogP contribution is -2.42. The van der Waals surface area contributed by atoms with Gasteiger partial charge in [0.15, 0.2) is 0 Å². The largest absolute Gasteiger partial charge is 0.383 e. The minimum Gasteiger partial charge on any atom is -0.383 e. The predicted octanol–water partition coefficient (Wildman–Crippen LogP) is 0.552. The first-order valence-corrected chi connectivity index (χ1v) is 6.03. The Balaban J connectivity index is 2.32. The van der Waals surface area contributed by atoms with Gasteiger partial charge < -0.3 is 15.4 Å². The summed E-state index contributed by atoms with van der Waals surface area (Å²) in [5.74, 6) is 2.06. The molecule has 0 unspecified atom stereocenters. The fourth-order valence-corrected chi connectivity index (χ4v) is 1.38. The van der Waals surface area contributed by atoms with Crippen LogP contribution in [0, 0.1) is 12.3 Å². The number of nitrogens with one attached hydrogen (secondary N) is 3. The van der Waals surface area contributed by atoms with Gasteiger partial charge in [-0.25, -0.2) is 4.79 Å². The van der Waals surface area contributed by atoms with Crippen LogP contribution in [0.1, 0.15) is 5.56 Å². The van der Waals surface area contributed by atoms with Gasteiger partial charge >= 0.3 is 6.03 Å². The number of urea groups is 1. The summed E-state index contributed by atoms with van der Waals surface area (Å²) in [6.07, 6.45) is 5.28. The van der Waals surface area contributed by atoms with Crippen molar-refractivity contribution in [3.63, 3.8) is 0 Å². The zero-order chi connectivity index (χ0) is 14.8. The number of ether oxygens (including phenoxy) is 1. The molecule has 0 aliphatic carbocycles. The first-order chi connectivity index (χ1) is 9.65. The summed E-state index contributed by atoms with van der Waals surface area (Å²) in [5.41, 5.74) is 1.43. The molecule has 0 aliphatic rings. The Morgan fingerprint density at radius 2 is 2.20 bits per heavy atom. The molecule has 1 rings (SSSR count). The molecule has 20 heavy (non-hydrogen) atoms. The summed E-state index contributed by atoms with van der Waals surface area (Å²) in [6, 6.07) is 6.55. The molecule has 0 saturated heterocycles. The number of imide groups is 1. The average Bonchev–Trinajstić information content (AvgIpc) is 2.45. The van der Waals surface area contributed by atoms with Crippen LogP contribution < -0.4 is 16.0 Å². The standard InChI is InChI=1S/C14H17N3O3/c1-3-11-5-4-6-12(9-11)16-10-13(18)17-14(19)15-7-8-20-2/h1,4-6,9,16H,7-8,10H2,2H3,(H2,15,17,18,19). The number of hydrogen-bond donors (Lipinski definition) is 3. The van der Waals surface area contributed by atoms with Crippen molar-refractivity contribution in [2.75, 3.05) is 32.1 Å². The maximum Gasteiger partial charge on any atom is 0.321 e. The third-order valence-corrected chi connectivity index (χ3v) is 2.33. The Morgan fingerprint density at radius 1 is 1.40 bits per heavy atom. The topological polar surface area (TPSA) is 79.5 Å². The molecule has 0 saturated carbocycles. The van der Waals surface area contributed by atoms with Crippen LogP contribution in [0.5, 0.6) is 0 Å². The van der Waals surface area contributed by atoms with Crippen LogP contribution in [0.25, 0.3) is 0 Å². The number of hydrogen-bond acceptors (Lipinski definition) is 4. The molecule has 0 bridgehead atoms. The lowest BCUT2D eigenvalue weighted by Gasteiger charge is -2.08. The molecule has 6 nitrogen and oxygen atoms in total. The van der Waals surface area contributed by atoms with Gasteiger partial charge in [0.05, 0.1) is 13.2 Å². The summed E-state index contributed by atoms with van der Waals surface area (Å²) in [6.45, 7) is 0.706. The van der Waals surface area contributed by atoms with Gasteiger partial charge in [0, 0.05) is 24.9 Å². The number of rotatable bonds is 6. The number of methoxy groups -OCH3 is 1. The van der Waals surface area contributed by atoms with Crippen molar-refractivity contribution in [3.8, 4) is 12.3 Å². The molecule has 0 atom stereocenters. The molecule has 3 N–H and O–H groups in total. The molecule has 0 fully saturated rings. The van der Waals surface area contributed by atoms with E-state index in [-0.39, 0.29) is 6.54 Å². The monoisotopic (exact) mass is 275 g/mol. The second kappa shape index (κ2) is 8.56. The molecule has 0 aromatic heterocycles. The number of carbonyl (C=O) groups excluding carboxylic acids is 2. The molecule has 6 heteroatoms. The molecular weight excluding hydrogens is 258 g/mol. The smallest absolute Gasteiger partial charge is 0.321 e. The number of anilines is 1. The van der Waals surface area contributed by atoms with E-state index in [1.54, 1.807) is 24.3 Å². The number of carbonyl (C=O) groups is 2. The van der Waals surface area contributed by atoms with Gasteiger partial charge in [0.2, 0.25) is 5.91 Å². The van der Waals surface area contributed by atoms with Gasteiger partial charge in [0.1, 0.15) is 0 Å². The van der Waals surface area contributed by atoms with Gasteiger partial charge in [-0.15, -0.1) is 6.42 Å². The summed E-state index contributed by atoms with van der Waals surface area (Å²) < 4.78 is 4.77. The summed E-state index contributed by atoms with van der Waals surface area (Å²) in [5, 5.41) is 7.55. The molecule has 3 amide bonds. The zero-order valence-electron chi connectivity index (χ0n) is 11.2. The maximum atomic E-state index is 11.5. The van der Waals surface area contributed by atoms with Crippen LogP contribution in [-0.2, 0) is 9.53 Å². The van der Waals surface area contributed by atoms with Crippen LogP contribution in [-0.4, -0.2) is 38.7 Å². The SMILES string of the molecule is C#Cc1cccc(NCC(=O)NC(=O)NCCOC)c1. The molecule has 0 spiro atoms. The summed E-state index contributed by atoms with van der Waals surface area (Å²) >= 11 is 0. The molecule has 106 valence electrons. The lowest BCUT2D eigenvalue weighted by atomic mass is 10.2. The highest BCUT2D eigenvalue weighted by Crippen LogP contribution is 2.08. The van der Waals surface area contributed by atoms with Crippen molar-refractivity contribution in [2.24, 2.45) is 0 Å². The highest BCUT2D eigenvalue weighted by molar-refractivity contribution is 5.96. The minimum atomic E-state index is -0.550. The first-order valence-electron chi connectivity index (χ1n) is 6.03. The fraction of sp³-hybridized carbons (Fsp3) is 0.286. The van der Waals surface area contributed by atoms with Crippen molar-refractivity contribution in [2.45, 2.75) is 0 Å². The fourth-order valence-electron chi connectivity index (χ4n) is 1.38. The van der Waals surface area contributed by atoms with Gasteiger partial charge in [-0.3, -0.25) is 10.1 Å². The average molecular weight is 275 g/mol. The third-order valence-electron chi connectivity index (χ3n) is 2.33. The normalized spacial score (nSPS) is 9.40. The van der Waals surface area contributed by atoms with Gasteiger partial charge in [-0.05, 0) is 18.2 Å². The Hall–Kier alpha value is -2.52. The predicted molar refractivity (Wildman–Crippen MR) is 76.3 cm³/mol. The van der Waals surface area contributed by atoms with Crippen LogP contribution in [0.4, 0.5) is 10.5 Å². The van der Waals surface area contributed by atoms with Crippen molar-refractivity contribution in [1.29, 1.82) is 0 Å². The lowest BCUT2D eigenvalue weighted by molar-refractivity contribution is -0.118. The number of benzene rings is 1. The maximum absolute atomic E-state index is 11.5. The van der Waals surface area contributed by atoms with E-state index < -0.39 is 11.9 Å². The van der Waals surface area contributed by atoms with Crippen molar-refractivity contribution >= 4 is 17.6 Å². The first kappa shape index (κ1) is 15.5. The molecule has 0 radical (unpaired) electrons. The van der Waals surface area contributed by atoms with E-state index in [4.69, 9.17) is 11.2 Å². The van der Waals surface area contributed by atoms with Crippen LogP contribution in [0.15, 0.2) is 24.3 Å². The van der Waals surface area contributed by atoms with E-state index in [1.165, 1.54) is 7.11 Å². The van der Waals surface area contributed by atoms with Crippen LogP contribution >= 0.6 is 0 Å². The number of terminal acetylenes is 1. The minimum absolute atomic E-state index is 0.0221. The van der Waals surface area contributed by atoms with Gasteiger partial charge in [-0.2, -0.15) is 0 Å². The molecule has 1 aromatic carbocycles. The van der Waals surface area contributed by atoms with E-state index >= 15 is 0 Å². The van der Waals surface area contributed by atoms with E-state index in [2.05, 4.69) is 21.9 Å². The van der Waals surface area contributed by atoms with Crippen molar-refractivity contribution in [1.82, 2.24) is 10.6 Å². The molecule has 0 aliphatic heterocycles. The second-order valence-corrected chi connectivity index (χ2v) is 3.88. The second-order valence-electron chi connectivity index (χ2n) is 3.88. The Kier molecular flexibility index (Phi) is 6.65. The van der Waals surface area contributed by atoms with Crippen LogP contribution in [0.2, 0.25) is 0 Å². The quantitative estimate of drug-likeness (QED) is 0.523. The Morgan fingerprint density at radius 3 is 2.90 bits per heavy atom. The Bertz CT molecular complexity index is 509. The molecular formula is C14H17N3O3. The van der Waals surface area contributed by atoms with Gasteiger partial charge in [0.25, 0.3) is 0 Å². The van der Waals surface area contributed by atoms with E-state index in [0.717, 1.165) is 5.69 Å². The van der Waals surface area contributed by atoms with Crippen molar-refractivity contribution in [3.05, 3.63) is 29.8 Å². The Labute approximate surface area is 117 Å². The third kappa shape index (κ3) is 5.89.